The van der Waals surface area contributed by atoms with Gasteiger partial charge in [0.1, 0.15) is 4.70 Å². The maximum atomic E-state index is 13.1. The van der Waals surface area contributed by atoms with Crippen LogP contribution in [0, 0.1) is 6.92 Å². The highest BCUT2D eigenvalue weighted by Crippen LogP contribution is 2.26. The summed E-state index contributed by atoms with van der Waals surface area (Å²) in [4.78, 5) is 25.6. The lowest BCUT2D eigenvalue weighted by Gasteiger charge is -2.13. The molecule has 0 aliphatic carbocycles. The fourth-order valence-electron chi connectivity index (χ4n) is 3.75. The van der Waals surface area contributed by atoms with E-state index in [0.717, 1.165) is 23.9 Å². The van der Waals surface area contributed by atoms with Crippen LogP contribution in [-0.4, -0.2) is 43.5 Å². The summed E-state index contributed by atoms with van der Waals surface area (Å²) in [6.45, 7) is 3.06. The molecule has 1 saturated heterocycles. The highest BCUT2D eigenvalue weighted by molar-refractivity contribution is 7.99. The zero-order valence-corrected chi connectivity index (χ0v) is 19.6. The van der Waals surface area contributed by atoms with Crippen LogP contribution in [0.15, 0.2) is 39.6 Å². The predicted octanol–water partition coefficient (Wildman–Crippen LogP) is 3.98. The molecule has 0 saturated carbocycles. The lowest BCUT2D eigenvalue weighted by atomic mass is 10.2. The van der Waals surface area contributed by atoms with Crippen LogP contribution in [-0.2, 0) is 16.1 Å². The van der Waals surface area contributed by atoms with E-state index >= 15 is 0 Å². The Balaban J connectivity index is 1.42. The SMILES string of the molecule is Cc1ccc(NC(=O)CSc2nnc3n(C[C@@H]4CCCO4)c(=O)c4sccc4n23)cc1Cl. The molecule has 5 rings (SSSR count). The maximum Gasteiger partial charge on any atom is 0.272 e. The van der Waals surface area contributed by atoms with Crippen molar-refractivity contribution in [2.24, 2.45) is 0 Å². The molecule has 1 amide bonds. The average Bonchev–Trinajstić information content (AvgIpc) is 3.52. The lowest BCUT2D eigenvalue weighted by molar-refractivity contribution is -0.113. The molecule has 0 bridgehead atoms. The Kier molecular flexibility index (Phi) is 5.93. The van der Waals surface area contributed by atoms with E-state index < -0.39 is 0 Å². The zero-order valence-electron chi connectivity index (χ0n) is 17.2. The highest BCUT2D eigenvalue weighted by atomic mass is 35.5. The van der Waals surface area contributed by atoms with Crippen LogP contribution < -0.4 is 10.9 Å². The summed E-state index contributed by atoms with van der Waals surface area (Å²) in [5.74, 6) is 0.425. The van der Waals surface area contributed by atoms with E-state index in [4.69, 9.17) is 16.3 Å². The third kappa shape index (κ3) is 4.03. The first-order valence-corrected chi connectivity index (χ1v) is 12.4. The molecule has 1 aliphatic heterocycles. The van der Waals surface area contributed by atoms with Gasteiger partial charge in [-0.1, -0.05) is 29.4 Å². The Labute approximate surface area is 196 Å². The minimum atomic E-state index is -0.180. The molecule has 4 aromatic rings. The van der Waals surface area contributed by atoms with Crippen LogP contribution in [0.4, 0.5) is 5.69 Å². The number of halogens is 1. The van der Waals surface area contributed by atoms with Crippen LogP contribution in [0.3, 0.4) is 0 Å². The molecule has 8 nitrogen and oxygen atoms in total. The van der Waals surface area contributed by atoms with Crippen molar-refractivity contribution in [3.05, 3.63) is 50.6 Å². The van der Waals surface area contributed by atoms with Crippen molar-refractivity contribution < 1.29 is 9.53 Å². The topological polar surface area (TPSA) is 90.5 Å². The standard InChI is InChI=1S/C21H20ClN5O3S2/c1-12-4-5-13(9-15(12)22)23-17(28)11-32-21-25-24-20-26(10-14-3-2-7-30-14)19(29)18-16(27(20)21)6-8-31-18/h4-6,8-9,14H,2-3,7,10-11H2,1H3,(H,23,28)/t14-/m0/s1. The summed E-state index contributed by atoms with van der Waals surface area (Å²) in [6, 6.07) is 7.28. The first kappa shape index (κ1) is 21.4. The molecule has 0 radical (unpaired) electrons. The normalized spacial score (nSPS) is 16.2. The lowest BCUT2D eigenvalue weighted by Crippen LogP contribution is -2.28. The molecule has 1 N–H and O–H groups in total. The molecule has 4 heterocycles. The summed E-state index contributed by atoms with van der Waals surface area (Å²) >= 11 is 8.80. The molecule has 0 unspecified atom stereocenters. The second-order valence-corrected chi connectivity index (χ2v) is 9.87. The number of nitrogens with zero attached hydrogens (tertiary/aromatic N) is 4. The average molecular weight is 490 g/mol. The van der Waals surface area contributed by atoms with Crippen molar-refractivity contribution in [3.63, 3.8) is 0 Å². The van der Waals surface area contributed by atoms with Gasteiger partial charge >= 0.3 is 0 Å². The molecule has 0 spiro atoms. The van der Waals surface area contributed by atoms with Gasteiger partial charge in [-0.15, -0.1) is 21.5 Å². The van der Waals surface area contributed by atoms with E-state index in [0.29, 0.717) is 39.5 Å². The molecule has 1 aromatic carbocycles. The van der Waals surface area contributed by atoms with Gasteiger partial charge in [0.25, 0.3) is 5.56 Å². The number of rotatable bonds is 6. The third-order valence-electron chi connectivity index (χ3n) is 5.38. The van der Waals surface area contributed by atoms with E-state index in [1.807, 2.05) is 34.9 Å². The van der Waals surface area contributed by atoms with Gasteiger partial charge in [0, 0.05) is 17.3 Å². The summed E-state index contributed by atoms with van der Waals surface area (Å²) < 4.78 is 9.86. The largest absolute Gasteiger partial charge is 0.376 e. The first-order chi connectivity index (χ1) is 15.5. The predicted molar refractivity (Wildman–Crippen MR) is 127 cm³/mol. The van der Waals surface area contributed by atoms with Crippen LogP contribution in [0.1, 0.15) is 18.4 Å². The smallest absolute Gasteiger partial charge is 0.272 e. The monoisotopic (exact) mass is 489 g/mol. The molecular formula is C21H20ClN5O3S2. The van der Waals surface area contributed by atoms with Gasteiger partial charge in [0.2, 0.25) is 11.7 Å². The van der Waals surface area contributed by atoms with Gasteiger partial charge in [-0.3, -0.25) is 18.6 Å². The van der Waals surface area contributed by atoms with E-state index in [9.17, 15) is 9.59 Å². The Bertz CT molecular complexity index is 1370. The summed E-state index contributed by atoms with van der Waals surface area (Å²) in [6.07, 6.45) is 1.90. The maximum absolute atomic E-state index is 13.1. The number of fused-ring (bicyclic) bond motifs is 3. The van der Waals surface area contributed by atoms with Crippen LogP contribution >= 0.6 is 34.7 Å². The molecule has 11 heteroatoms. The first-order valence-electron chi connectivity index (χ1n) is 10.2. The Morgan fingerprint density at radius 2 is 2.25 bits per heavy atom. The number of ether oxygens (including phenoxy) is 1. The van der Waals surface area contributed by atoms with Crippen molar-refractivity contribution in [3.8, 4) is 0 Å². The van der Waals surface area contributed by atoms with Gasteiger partial charge in [-0.05, 0) is 48.9 Å². The molecule has 1 atom stereocenters. The van der Waals surface area contributed by atoms with Crippen molar-refractivity contribution in [2.45, 2.75) is 37.6 Å². The summed E-state index contributed by atoms with van der Waals surface area (Å²) in [5.41, 5.74) is 2.25. The van der Waals surface area contributed by atoms with Crippen LogP contribution in [0.5, 0.6) is 0 Å². The van der Waals surface area contributed by atoms with Gasteiger partial charge < -0.3 is 10.1 Å². The number of amides is 1. The number of aryl methyl sites for hydroxylation is 1. The van der Waals surface area contributed by atoms with Gasteiger partial charge in [-0.25, -0.2) is 0 Å². The van der Waals surface area contributed by atoms with Crippen molar-refractivity contribution in [2.75, 3.05) is 17.7 Å². The number of thioether (sulfide) groups is 1. The molecule has 166 valence electrons. The number of carbonyl (C=O) groups is 1. The second-order valence-electron chi connectivity index (χ2n) is 7.60. The molecule has 1 aliphatic rings. The number of hydrogen-bond donors (Lipinski definition) is 1. The number of aromatic nitrogens is 4. The van der Waals surface area contributed by atoms with Crippen LogP contribution in [0.2, 0.25) is 5.02 Å². The molecule has 1 fully saturated rings. The Morgan fingerprint density at radius 1 is 1.38 bits per heavy atom. The minimum absolute atomic E-state index is 0.00572. The molecule has 3 aromatic heterocycles. The quantitative estimate of drug-likeness (QED) is 0.412. The number of nitrogens with one attached hydrogen (secondary N) is 1. The summed E-state index contributed by atoms with van der Waals surface area (Å²) in [5, 5.41) is 14.5. The van der Waals surface area contributed by atoms with Crippen molar-refractivity contribution in [1.29, 1.82) is 0 Å². The van der Waals surface area contributed by atoms with Crippen molar-refractivity contribution in [1.82, 2.24) is 19.2 Å². The van der Waals surface area contributed by atoms with E-state index in [1.54, 1.807) is 10.6 Å². The van der Waals surface area contributed by atoms with Gasteiger partial charge in [0.05, 0.1) is 23.9 Å². The fourth-order valence-corrected chi connectivity index (χ4v) is 5.49. The number of carbonyl (C=O) groups excluding carboxylic acids is 1. The van der Waals surface area contributed by atoms with Crippen molar-refractivity contribution >= 4 is 62.3 Å². The zero-order chi connectivity index (χ0) is 22.2. The van der Waals surface area contributed by atoms with Crippen LogP contribution in [0.25, 0.3) is 16.0 Å². The number of thiophene rings is 1. The van der Waals surface area contributed by atoms with E-state index in [1.165, 1.54) is 23.1 Å². The number of hydrogen-bond acceptors (Lipinski definition) is 7. The molecular weight excluding hydrogens is 470 g/mol. The Morgan fingerprint density at radius 3 is 3.03 bits per heavy atom. The van der Waals surface area contributed by atoms with E-state index in [-0.39, 0.29) is 23.3 Å². The molecule has 32 heavy (non-hydrogen) atoms. The van der Waals surface area contributed by atoms with Gasteiger partial charge in [0.15, 0.2) is 5.16 Å². The second kappa shape index (κ2) is 8.86. The third-order valence-corrected chi connectivity index (χ3v) is 7.61. The highest BCUT2D eigenvalue weighted by Gasteiger charge is 2.23. The summed E-state index contributed by atoms with van der Waals surface area (Å²) in [7, 11) is 0. The number of anilines is 1. The fraction of sp³-hybridized carbons (Fsp3) is 0.333. The number of benzene rings is 1. The minimum Gasteiger partial charge on any atom is -0.376 e. The van der Waals surface area contributed by atoms with Gasteiger partial charge in [-0.2, -0.15) is 0 Å². The Hall–Kier alpha value is -2.40. The van der Waals surface area contributed by atoms with E-state index in [2.05, 4.69) is 15.5 Å².